The van der Waals surface area contributed by atoms with Crippen molar-refractivity contribution in [2.24, 2.45) is 0 Å². The highest BCUT2D eigenvalue weighted by molar-refractivity contribution is 7.88. The number of carbonyl (C=O) groups excluding carboxylic acids is 1. The van der Waals surface area contributed by atoms with E-state index in [4.69, 9.17) is 4.74 Å². The molecule has 2 saturated heterocycles. The van der Waals surface area contributed by atoms with Gasteiger partial charge in [0.2, 0.25) is 10.0 Å². The van der Waals surface area contributed by atoms with Gasteiger partial charge in [-0.15, -0.1) is 0 Å². The van der Waals surface area contributed by atoms with Gasteiger partial charge in [-0.25, -0.2) is 8.42 Å². The van der Waals surface area contributed by atoms with E-state index in [1.165, 1.54) is 10.6 Å². The summed E-state index contributed by atoms with van der Waals surface area (Å²) in [4.78, 5) is 16.0. The lowest BCUT2D eigenvalue weighted by molar-refractivity contribution is -0.116. The fourth-order valence-electron chi connectivity index (χ4n) is 3.47. The zero-order chi connectivity index (χ0) is 17.2. The van der Waals surface area contributed by atoms with Crippen LogP contribution in [0, 0.1) is 0 Å². The van der Waals surface area contributed by atoms with Crippen molar-refractivity contribution >= 4 is 15.9 Å². The van der Waals surface area contributed by atoms with Gasteiger partial charge in [-0.05, 0) is 37.8 Å². The standard InChI is InChI=1S/C16H23N3O4S/c1-24(21,22)19-10-7-16(12-19)6-2-3-14(23-16)11-18-15(20)13-4-8-17-9-5-13/h4-5,8-9,14H,2-3,6-7,10-12H2,1H3,(H,18,20)/t14-,16+/m0/s1. The number of ether oxygens (including phenoxy) is 1. The first kappa shape index (κ1) is 17.3. The molecule has 8 heteroatoms. The van der Waals surface area contributed by atoms with Gasteiger partial charge < -0.3 is 10.1 Å². The van der Waals surface area contributed by atoms with Crippen LogP contribution in [-0.2, 0) is 14.8 Å². The van der Waals surface area contributed by atoms with Crippen LogP contribution < -0.4 is 5.32 Å². The SMILES string of the molecule is CS(=O)(=O)N1CC[C@]2(CCC[C@@H](CNC(=O)c3ccncc3)O2)C1. The second kappa shape index (κ2) is 6.78. The minimum Gasteiger partial charge on any atom is -0.369 e. The summed E-state index contributed by atoms with van der Waals surface area (Å²) in [6.07, 6.45) is 7.76. The molecule has 1 amide bonds. The van der Waals surface area contributed by atoms with E-state index in [0.29, 0.717) is 25.2 Å². The molecule has 0 aromatic carbocycles. The third-order valence-electron chi connectivity index (χ3n) is 4.76. The summed E-state index contributed by atoms with van der Waals surface area (Å²) in [6.45, 7) is 1.36. The molecule has 1 aromatic rings. The maximum atomic E-state index is 12.1. The van der Waals surface area contributed by atoms with Crippen LogP contribution >= 0.6 is 0 Å². The van der Waals surface area contributed by atoms with Gasteiger partial charge in [-0.2, -0.15) is 4.31 Å². The lowest BCUT2D eigenvalue weighted by Crippen LogP contribution is -2.47. The zero-order valence-electron chi connectivity index (χ0n) is 13.8. The molecule has 3 heterocycles. The number of aromatic nitrogens is 1. The number of hydrogen-bond acceptors (Lipinski definition) is 5. The van der Waals surface area contributed by atoms with Crippen LogP contribution in [0.3, 0.4) is 0 Å². The van der Waals surface area contributed by atoms with Crippen molar-refractivity contribution in [2.75, 3.05) is 25.9 Å². The highest BCUT2D eigenvalue weighted by Gasteiger charge is 2.45. The van der Waals surface area contributed by atoms with Gasteiger partial charge in [-0.1, -0.05) is 0 Å². The van der Waals surface area contributed by atoms with Crippen molar-refractivity contribution in [3.63, 3.8) is 0 Å². The van der Waals surface area contributed by atoms with E-state index in [1.54, 1.807) is 24.5 Å². The second-order valence-electron chi connectivity index (χ2n) is 6.61. The fourth-order valence-corrected chi connectivity index (χ4v) is 4.36. The molecule has 2 fully saturated rings. The summed E-state index contributed by atoms with van der Waals surface area (Å²) in [6, 6.07) is 3.33. The average Bonchev–Trinajstić information content (AvgIpc) is 2.97. The van der Waals surface area contributed by atoms with Crippen molar-refractivity contribution in [1.29, 1.82) is 0 Å². The van der Waals surface area contributed by atoms with E-state index in [0.717, 1.165) is 25.7 Å². The topological polar surface area (TPSA) is 88.6 Å². The molecule has 3 rings (SSSR count). The van der Waals surface area contributed by atoms with Crippen LogP contribution in [0.1, 0.15) is 36.0 Å². The Labute approximate surface area is 142 Å². The lowest BCUT2D eigenvalue weighted by atomic mass is 9.90. The first-order valence-electron chi connectivity index (χ1n) is 8.19. The van der Waals surface area contributed by atoms with Crippen molar-refractivity contribution in [3.05, 3.63) is 30.1 Å². The maximum Gasteiger partial charge on any atom is 0.251 e. The van der Waals surface area contributed by atoms with Gasteiger partial charge in [0.15, 0.2) is 0 Å². The van der Waals surface area contributed by atoms with Crippen LogP contribution in [0.25, 0.3) is 0 Å². The summed E-state index contributed by atoms with van der Waals surface area (Å²) in [5.41, 5.74) is 0.174. The maximum absolute atomic E-state index is 12.1. The van der Waals surface area contributed by atoms with Crippen molar-refractivity contribution in [3.8, 4) is 0 Å². The minimum atomic E-state index is -3.18. The fraction of sp³-hybridized carbons (Fsp3) is 0.625. The number of rotatable bonds is 4. The molecule has 0 bridgehead atoms. The van der Waals surface area contributed by atoms with Gasteiger partial charge >= 0.3 is 0 Å². The largest absolute Gasteiger partial charge is 0.369 e. The lowest BCUT2D eigenvalue weighted by Gasteiger charge is -2.38. The molecule has 7 nitrogen and oxygen atoms in total. The number of nitrogens with zero attached hydrogens (tertiary/aromatic N) is 2. The number of amides is 1. The molecule has 2 aliphatic rings. The normalized spacial score (nSPS) is 28.1. The Morgan fingerprint density at radius 3 is 2.83 bits per heavy atom. The number of nitrogens with one attached hydrogen (secondary N) is 1. The summed E-state index contributed by atoms with van der Waals surface area (Å²) < 4.78 is 31.1. The van der Waals surface area contributed by atoms with Crippen LogP contribution in [0.5, 0.6) is 0 Å². The quantitative estimate of drug-likeness (QED) is 0.864. The Balaban J connectivity index is 1.56. The smallest absolute Gasteiger partial charge is 0.251 e. The van der Waals surface area contributed by atoms with E-state index in [9.17, 15) is 13.2 Å². The minimum absolute atomic E-state index is 0.0796. The molecule has 1 aromatic heterocycles. The van der Waals surface area contributed by atoms with E-state index >= 15 is 0 Å². The predicted molar refractivity (Wildman–Crippen MR) is 89.1 cm³/mol. The molecule has 0 saturated carbocycles. The summed E-state index contributed by atoms with van der Waals surface area (Å²) in [5.74, 6) is -0.148. The molecule has 0 aliphatic carbocycles. The Bertz CT molecular complexity index is 695. The van der Waals surface area contributed by atoms with Gasteiger partial charge in [-0.3, -0.25) is 9.78 Å². The Morgan fingerprint density at radius 1 is 1.42 bits per heavy atom. The number of pyridine rings is 1. The zero-order valence-corrected chi connectivity index (χ0v) is 14.6. The molecule has 1 N–H and O–H groups in total. The number of hydrogen-bond donors (Lipinski definition) is 1. The van der Waals surface area contributed by atoms with Gasteiger partial charge in [0.25, 0.3) is 5.91 Å². The molecule has 0 unspecified atom stereocenters. The first-order valence-corrected chi connectivity index (χ1v) is 10.0. The number of carbonyl (C=O) groups is 1. The monoisotopic (exact) mass is 353 g/mol. The molecule has 0 radical (unpaired) electrons. The molecular weight excluding hydrogens is 330 g/mol. The molecule has 2 aliphatic heterocycles. The molecule has 132 valence electrons. The first-order chi connectivity index (χ1) is 11.4. The van der Waals surface area contributed by atoms with Gasteiger partial charge in [0.1, 0.15) is 0 Å². The third kappa shape index (κ3) is 3.93. The molecular formula is C16H23N3O4S. The van der Waals surface area contributed by atoms with E-state index in [-0.39, 0.29) is 12.0 Å². The van der Waals surface area contributed by atoms with Crippen LogP contribution in [0.4, 0.5) is 0 Å². The van der Waals surface area contributed by atoms with E-state index in [2.05, 4.69) is 10.3 Å². The van der Waals surface area contributed by atoms with Crippen molar-refractivity contribution in [2.45, 2.75) is 37.4 Å². The predicted octanol–water partition coefficient (Wildman–Crippen LogP) is 0.785. The van der Waals surface area contributed by atoms with Crippen LogP contribution in [0.2, 0.25) is 0 Å². The van der Waals surface area contributed by atoms with Gasteiger partial charge in [0.05, 0.1) is 18.0 Å². The van der Waals surface area contributed by atoms with Crippen LogP contribution in [0.15, 0.2) is 24.5 Å². The van der Waals surface area contributed by atoms with Crippen LogP contribution in [-0.4, -0.2) is 61.2 Å². The Kier molecular flexibility index (Phi) is 4.89. The van der Waals surface area contributed by atoms with Crippen molar-refractivity contribution < 1.29 is 17.9 Å². The third-order valence-corrected chi connectivity index (χ3v) is 6.01. The van der Waals surface area contributed by atoms with E-state index < -0.39 is 15.6 Å². The second-order valence-corrected chi connectivity index (χ2v) is 8.59. The van der Waals surface area contributed by atoms with Crippen molar-refractivity contribution in [1.82, 2.24) is 14.6 Å². The Morgan fingerprint density at radius 2 is 2.17 bits per heavy atom. The molecule has 1 spiro atoms. The molecule has 24 heavy (non-hydrogen) atoms. The van der Waals surface area contributed by atoms with Gasteiger partial charge in [0, 0.05) is 37.6 Å². The molecule has 2 atom stereocenters. The highest BCUT2D eigenvalue weighted by Crippen LogP contribution is 2.37. The summed E-state index contributed by atoms with van der Waals surface area (Å²) in [5, 5.41) is 2.89. The highest BCUT2D eigenvalue weighted by atomic mass is 32.2. The van der Waals surface area contributed by atoms with E-state index in [1.807, 2.05) is 0 Å². The average molecular weight is 353 g/mol. The summed E-state index contributed by atoms with van der Waals surface area (Å²) >= 11 is 0. The number of sulfonamides is 1. The Hall–Kier alpha value is -1.51. The summed E-state index contributed by atoms with van der Waals surface area (Å²) in [7, 11) is -3.18.